The van der Waals surface area contributed by atoms with Crippen LogP contribution in [0.25, 0.3) is 0 Å². The van der Waals surface area contributed by atoms with Crippen LogP contribution in [0.5, 0.6) is 0 Å². The number of hydrogen-bond donors (Lipinski definition) is 1. The number of pyridine rings is 1. The Morgan fingerprint density at radius 2 is 1.84 bits per heavy atom. The van der Waals surface area contributed by atoms with Crippen LogP contribution in [0.1, 0.15) is 27.9 Å². The summed E-state index contributed by atoms with van der Waals surface area (Å²) in [4.78, 5) is 5.98. The molecule has 0 saturated carbocycles. The van der Waals surface area contributed by atoms with Crippen molar-refractivity contribution in [1.82, 2.24) is 4.98 Å². The smallest absolute Gasteiger partial charge is 0.382 e. The molecule has 0 saturated heterocycles. The standard InChI is InChI=1S/C25H25F3N2O/c1-17-6-5-7-19(12-17)14-24(20-10-11-29-18(2)13-20)16-30(15-23(31)25(26,27)28)22-9-4-3-8-21(22)24/h3-13,23,31H,14-16H2,1-2H3/t23-,24?/m1/s1. The van der Waals surface area contributed by atoms with Crippen LogP contribution in [0.4, 0.5) is 18.9 Å². The van der Waals surface area contributed by atoms with Crippen molar-refractivity contribution in [3.05, 3.63) is 94.8 Å². The van der Waals surface area contributed by atoms with Gasteiger partial charge in [0.1, 0.15) is 0 Å². The molecule has 2 aromatic carbocycles. The quantitative estimate of drug-likeness (QED) is 0.626. The highest BCUT2D eigenvalue weighted by Crippen LogP contribution is 2.47. The van der Waals surface area contributed by atoms with E-state index in [2.05, 4.69) is 17.1 Å². The molecule has 1 aliphatic heterocycles. The molecule has 0 fully saturated rings. The molecule has 1 aliphatic rings. The van der Waals surface area contributed by atoms with E-state index >= 15 is 0 Å². The van der Waals surface area contributed by atoms with E-state index in [1.807, 2.05) is 62.4 Å². The van der Waals surface area contributed by atoms with Crippen LogP contribution in [0.2, 0.25) is 0 Å². The molecule has 0 amide bonds. The Morgan fingerprint density at radius 1 is 1.06 bits per heavy atom. The maximum Gasteiger partial charge on any atom is 0.416 e. The number of aliphatic hydroxyl groups is 1. The normalized spacial score (nSPS) is 19.4. The summed E-state index contributed by atoms with van der Waals surface area (Å²) >= 11 is 0. The van der Waals surface area contributed by atoms with E-state index in [1.54, 1.807) is 11.1 Å². The Kier molecular flexibility index (Phi) is 5.52. The zero-order valence-corrected chi connectivity index (χ0v) is 17.5. The lowest BCUT2D eigenvalue weighted by atomic mass is 9.72. The van der Waals surface area contributed by atoms with Gasteiger partial charge in [-0.05, 0) is 55.2 Å². The van der Waals surface area contributed by atoms with Gasteiger partial charge in [-0.1, -0.05) is 48.0 Å². The molecule has 1 unspecified atom stereocenters. The maximum absolute atomic E-state index is 13.2. The van der Waals surface area contributed by atoms with Crippen LogP contribution in [0.15, 0.2) is 66.9 Å². The molecule has 1 aromatic heterocycles. The van der Waals surface area contributed by atoms with Crippen molar-refractivity contribution < 1.29 is 18.3 Å². The van der Waals surface area contributed by atoms with Crippen molar-refractivity contribution in [2.75, 3.05) is 18.0 Å². The summed E-state index contributed by atoms with van der Waals surface area (Å²) in [6.45, 7) is 3.79. The van der Waals surface area contributed by atoms with Gasteiger partial charge in [-0.3, -0.25) is 4.98 Å². The predicted octanol–water partition coefficient (Wildman–Crippen LogP) is 4.97. The molecule has 162 valence electrons. The van der Waals surface area contributed by atoms with Gasteiger partial charge < -0.3 is 10.0 Å². The molecule has 2 atom stereocenters. The fourth-order valence-electron chi connectivity index (χ4n) is 4.64. The summed E-state index contributed by atoms with van der Waals surface area (Å²) in [5, 5.41) is 9.81. The van der Waals surface area contributed by atoms with Crippen LogP contribution >= 0.6 is 0 Å². The van der Waals surface area contributed by atoms with Crippen LogP contribution < -0.4 is 4.90 Å². The Balaban J connectivity index is 1.84. The number of aliphatic hydroxyl groups excluding tert-OH is 1. The third-order valence-electron chi connectivity index (χ3n) is 6.03. The van der Waals surface area contributed by atoms with Gasteiger partial charge in [-0.25, -0.2) is 0 Å². The van der Waals surface area contributed by atoms with Crippen molar-refractivity contribution in [2.45, 2.75) is 38.0 Å². The first kappa shape index (κ1) is 21.4. The van der Waals surface area contributed by atoms with Crippen LogP contribution in [0.3, 0.4) is 0 Å². The first-order valence-corrected chi connectivity index (χ1v) is 10.3. The van der Waals surface area contributed by atoms with Crippen LogP contribution in [-0.2, 0) is 11.8 Å². The lowest BCUT2D eigenvalue weighted by Crippen LogP contribution is -2.44. The highest BCUT2D eigenvalue weighted by Gasteiger charge is 2.47. The number of hydrogen-bond acceptors (Lipinski definition) is 3. The van der Waals surface area contributed by atoms with Crippen molar-refractivity contribution in [2.24, 2.45) is 0 Å². The fourth-order valence-corrected chi connectivity index (χ4v) is 4.64. The summed E-state index contributed by atoms with van der Waals surface area (Å²) < 4.78 is 39.5. The zero-order valence-electron chi connectivity index (χ0n) is 17.5. The second kappa shape index (κ2) is 8.00. The van der Waals surface area contributed by atoms with Crippen molar-refractivity contribution in [3.8, 4) is 0 Å². The number of aryl methyl sites for hydroxylation is 2. The van der Waals surface area contributed by atoms with E-state index in [0.29, 0.717) is 13.0 Å². The number of nitrogens with zero attached hydrogens (tertiary/aromatic N) is 2. The fraction of sp³-hybridized carbons (Fsp3) is 0.320. The molecule has 3 nitrogen and oxygen atoms in total. The lowest BCUT2D eigenvalue weighted by molar-refractivity contribution is -0.200. The Labute approximate surface area is 180 Å². The number of rotatable bonds is 5. The SMILES string of the molecule is Cc1cccc(CC2(c3ccnc(C)c3)CN(C[C@@H](O)C(F)(F)F)c3ccccc32)c1. The summed E-state index contributed by atoms with van der Waals surface area (Å²) in [5.74, 6) is 0. The number of alkyl halides is 3. The minimum Gasteiger partial charge on any atom is -0.382 e. The molecule has 0 radical (unpaired) electrons. The third kappa shape index (κ3) is 4.17. The van der Waals surface area contributed by atoms with E-state index in [4.69, 9.17) is 0 Å². The van der Waals surface area contributed by atoms with Crippen LogP contribution in [-0.4, -0.2) is 35.5 Å². The molecule has 6 heteroatoms. The number of anilines is 1. The molecule has 2 heterocycles. The Morgan fingerprint density at radius 3 is 2.55 bits per heavy atom. The van der Waals surface area contributed by atoms with Crippen LogP contribution in [0, 0.1) is 13.8 Å². The Bertz CT molecular complexity index is 1080. The van der Waals surface area contributed by atoms with E-state index in [9.17, 15) is 18.3 Å². The van der Waals surface area contributed by atoms with E-state index in [0.717, 1.165) is 33.6 Å². The maximum atomic E-state index is 13.2. The zero-order chi connectivity index (χ0) is 22.2. The van der Waals surface area contributed by atoms with E-state index < -0.39 is 24.2 Å². The largest absolute Gasteiger partial charge is 0.416 e. The summed E-state index contributed by atoms with van der Waals surface area (Å²) in [6.07, 6.45) is -4.69. The second-order valence-electron chi connectivity index (χ2n) is 8.39. The van der Waals surface area contributed by atoms with Gasteiger partial charge in [0.25, 0.3) is 0 Å². The molecule has 0 aliphatic carbocycles. The average molecular weight is 426 g/mol. The monoisotopic (exact) mass is 426 g/mol. The number of β-amino-alcohol motifs (C(OH)–C–C–N with tert-alkyl or cyclic N) is 1. The highest BCUT2D eigenvalue weighted by atomic mass is 19.4. The summed E-state index contributed by atoms with van der Waals surface area (Å²) in [7, 11) is 0. The van der Waals surface area contributed by atoms with Gasteiger partial charge in [0.15, 0.2) is 6.10 Å². The topological polar surface area (TPSA) is 36.4 Å². The first-order valence-electron chi connectivity index (χ1n) is 10.3. The Hall–Kier alpha value is -2.86. The summed E-state index contributed by atoms with van der Waals surface area (Å²) in [6, 6.07) is 19.7. The molecule has 0 spiro atoms. The lowest BCUT2D eigenvalue weighted by Gasteiger charge is -2.33. The van der Waals surface area contributed by atoms with E-state index in [-0.39, 0.29) is 0 Å². The number of fused-ring (bicyclic) bond motifs is 1. The van der Waals surface area contributed by atoms with Crippen molar-refractivity contribution in [1.29, 1.82) is 0 Å². The second-order valence-corrected chi connectivity index (χ2v) is 8.39. The molecule has 4 rings (SSSR count). The molecular weight excluding hydrogens is 401 g/mol. The minimum atomic E-state index is -4.66. The molecule has 0 bridgehead atoms. The van der Waals surface area contributed by atoms with Gasteiger partial charge in [-0.2, -0.15) is 13.2 Å². The first-order chi connectivity index (χ1) is 14.7. The third-order valence-corrected chi connectivity index (χ3v) is 6.03. The van der Waals surface area contributed by atoms with E-state index in [1.165, 1.54) is 0 Å². The molecule has 31 heavy (non-hydrogen) atoms. The number of para-hydroxylation sites is 1. The number of halogens is 3. The minimum absolute atomic E-state index is 0.344. The number of aromatic nitrogens is 1. The van der Waals surface area contributed by atoms with Gasteiger partial charge in [0.05, 0.1) is 6.54 Å². The average Bonchev–Trinajstić information content (AvgIpc) is 3.02. The molecule has 3 aromatic rings. The van der Waals surface area contributed by atoms with Gasteiger partial charge in [0, 0.05) is 29.5 Å². The summed E-state index contributed by atoms with van der Waals surface area (Å²) in [5.41, 5.74) is 5.26. The van der Waals surface area contributed by atoms with Gasteiger partial charge >= 0.3 is 6.18 Å². The van der Waals surface area contributed by atoms with Crippen molar-refractivity contribution in [3.63, 3.8) is 0 Å². The predicted molar refractivity (Wildman–Crippen MR) is 115 cm³/mol. The van der Waals surface area contributed by atoms with Gasteiger partial charge in [-0.15, -0.1) is 0 Å². The highest BCUT2D eigenvalue weighted by molar-refractivity contribution is 5.67. The van der Waals surface area contributed by atoms with Gasteiger partial charge in [0.2, 0.25) is 0 Å². The molecular formula is C25H25F3N2O. The molecule has 1 N–H and O–H groups in total. The number of benzene rings is 2. The van der Waals surface area contributed by atoms with Crippen molar-refractivity contribution >= 4 is 5.69 Å².